The molecule has 0 unspecified atom stereocenters. The molecule has 1 N–H and O–H groups in total. The van der Waals surface area contributed by atoms with Crippen LogP contribution in [0.1, 0.15) is 56.2 Å². The highest BCUT2D eigenvalue weighted by atomic mass is 16.5. The van der Waals surface area contributed by atoms with E-state index in [0.717, 1.165) is 57.5 Å². The second kappa shape index (κ2) is 6.27. The van der Waals surface area contributed by atoms with Gasteiger partial charge in [-0.15, -0.1) is 0 Å². The second-order valence-corrected chi connectivity index (χ2v) is 6.51. The number of ether oxygens (including phenoxy) is 1. The summed E-state index contributed by atoms with van der Waals surface area (Å²) in [7, 11) is 0. The lowest BCUT2D eigenvalue weighted by molar-refractivity contribution is 0.115. The van der Waals surface area contributed by atoms with Crippen molar-refractivity contribution in [2.75, 3.05) is 19.8 Å². The molecule has 0 spiro atoms. The van der Waals surface area contributed by atoms with E-state index in [1.165, 1.54) is 30.1 Å². The van der Waals surface area contributed by atoms with Crippen molar-refractivity contribution in [1.82, 2.24) is 14.9 Å². The quantitative estimate of drug-likeness (QED) is 0.778. The summed E-state index contributed by atoms with van der Waals surface area (Å²) >= 11 is 0. The number of nitrogens with one attached hydrogen (secondary N) is 1. The SMILES string of the molecule is CC(C)CCOCCn1c(C2CC2)nc2c1CCNC2. The molecule has 4 nitrogen and oxygen atoms in total. The van der Waals surface area contributed by atoms with Gasteiger partial charge in [0.05, 0.1) is 12.3 Å². The molecule has 2 heterocycles. The van der Waals surface area contributed by atoms with Crippen LogP contribution < -0.4 is 5.32 Å². The molecule has 1 aliphatic heterocycles. The summed E-state index contributed by atoms with van der Waals surface area (Å²) in [5.74, 6) is 2.77. The van der Waals surface area contributed by atoms with E-state index in [-0.39, 0.29) is 0 Å². The average Bonchev–Trinajstić information content (AvgIpc) is 3.21. The summed E-state index contributed by atoms with van der Waals surface area (Å²) in [4.78, 5) is 4.88. The zero-order valence-electron chi connectivity index (χ0n) is 12.8. The van der Waals surface area contributed by atoms with Crippen molar-refractivity contribution in [3.05, 3.63) is 17.2 Å². The molecule has 0 radical (unpaired) electrons. The van der Waals surface area contributed by atoms with E-state index < -0.39 is 0 Å². The predicted molar refractivity (Wildman–Crippen MR) is 79.9 cm³/mol. The maximum atomic E-state index is 5.80. The number of aromatic nitrogens is 2. The van der Waals surface area contributed by atoms with E-state index in [4.69, 9.17) is 9.72 Å². The van der Waals surface area contributed by atoms with E-state index in [1.54, 1.807) is 0 Å². The minimum absolute atomic E-state index is 0.719. The van der Waals surface area contributed by atoms with Gasteiger partial charge in [0.2, 0.25) is 0 Å². The van der Waals surface area contributed by atoms with Crippen LogP contribution in [0, 0.1) is 5.92 Å². The molecule has 4 heteroatoms. The maximum Gasteiger partial charge on any atom is 0.112 e. The third-order valence-electron chi connectivity index (χ3n) is 4.26. The van der Waals surface area contributed by atoms with Crippen LogP contribution in [0.3, 0.4) is 0 Å². The van der Waals surface area contributed by atoms with Crippen molar-refractivity contribution in [2.45, 2.75) is 58.5 Å². The van der Waals surface area contributed by atoms with Gasteiger partial charge < -0.3 is 14.6 Å². The molecule has 3 rings (SSSR count). The lowest BCUT2D eigenvalue weighted by Gasteiger charge is -2.16. The summed E-state index contributed by atoms with van der Waals surface area (Å²) in [6, 6.07) is 0. The van der Waals surface area contributed by atoms with Gasteiger partial charge in [0.15, 0.2) is 0 Å². The van der Waals surface area contributed by atoms with Gasteiger partial charge in [0.25, 0.3) is 0 Å². The third-order valence-corrected chi connectivity index (χ3v) is 4.26. The monoisotopic (exact) mass is 277 g/mol. The van der Waals surface area contributed by atoms with Gasteiger partial charge in [-0.2, -0.15) is 0 Å². The van der Waals surface area contributed by atoms with Crippen molar-refractivity contribution >= 4 is 0 Å². The first-order valence-corrected chi connectivity index (χ1v) is 8.12. The van der Waals surface area contributed by atoms with Gasteiger partial charge in [-0.05, 0) is 25.2 Å². The first-order chi connectivity index (χ1) is 9.75. The molecule has 0 bridgehead atoms. The molecule has 20 heavy (non-hydrogen) atoms. The first-order valence-electron chi connectivity index (χ1n) is 8.12. The molecule has 1 aliphatic carbocycles. The van der Waals surface area contributed by atoms with Crippen molar-refractivity contribution in [2.24, 2.45) is 5.92 Å². The van der Waals surface area contributed by atoms with Crippen molar-refractivity contribution in [3.63, 3.8) is 0 Å². The number of hydrogen-bond acceptors (Lipinski definition) is 3. The molecule has 0 saturated heterocycles. The van der Waals surface area contributed by atoms with Gasteiger partial charge in [-0.25, -0.2) is 4.98 Å². The Morgan fingerprint density at radius 1 is 1.35 bits per heavy atom. The fourth-order valence-electron chi connectivity index (χ4n) is 2.87. The van der Waals surface area contributed by atoms with E-state index in [2.05, 4.69) is 23.7 Å². The molecule has 1 aromatic rings. The lowest BCUT2D eigenvalue weighted by Crippen LogP contribution is -2.25. The molecule has 0 atom stereocenters. The number of nitrogens with zero attached hydrogens (tertiary/aromatic N) is 2. The van der Waals surface area contributed by atoms with Crippen molar-refractivity contribution in [3.8, 4) is 0 Å². The Bertz CT molecular complexity index is 449. The smallest absolute Gasteiger partial charge is 0.112 e. The highest BCUT2D eigenvalue weighted by Gasteiger charge is 2.31. The fourth-order valence-corrected chi connectivity index (χ4v) is 2.87. The van der Waals surface area contributed by atoms with E-state index in [1.807, 2.05) is 0 Å². The number of imidazole rings is 1. The van der Waals surface area contributed by atoms with Gasteiger partial charge in [-0.1, -0.05) is 13.8 Å². The first kappa shape index (κ1) is 14.1. The van der Waals surface area contributed by atoms with Gasteiger partial charge in [0, 0.05) is 44.3 Å². The molecule has 112 valence electrons. The number of rotatable bonds is 7. The standard InChI is InChI=1S/C16H27N3O/c1-12(2)6-9-20-10-8-19-15-5-7-17-11-14(15)18-16(19)13-3-4-13/h12-13,17H,3-11H2,1-2H3. The van der Waals surface area contributed by atoms with Crippen LogP contribution in [0.4, 0.5) is 0 Å². The minimum atomic E-state index is 0.719. The zero-order valence-corrected chi connectivity index (χ0v) is 12.8. The summed E-state index contributed by atoms with van der Waals surface area (Å²) in [6.45, 7) is 9.19. The van der Waals surface area contributed by atoms with Gasteiger partial charge in [-0.3, -0.25) is 0 Å². The molecular formula is C16H27N3O. The zero-order chi connectivity index (χ0) is 13.9. The molecule has 0 amide bonds. The Morgan fingerprint density at radius 2 is 2.20 bits per heavy atom. The number of hydrogen-bond donors (Lipinski definition) is 1. The van der Waals surface area contributed by atoms with Crippen molar-refractivity contribution < 1.29 is 4.74 Å². The summed E-state index contributed by atoms with van der Waals surface area (Å²) in [5, 5.41) is 3.42. The Kier molecular flexibility index (Phi) is 4.41. The molecule has 1 saturated carbocycles. The van der Waals surface area contributed by atoms with Crippen LogP contribution in [0.5, 0.6) is 0 Å². The Labute approximate surface area is 121 Å². The van der Waals surface area contributed by atoms with Crippen molar-refractivity contribution in [1.29, 1.82) is 0 Å². The average molecular weight is 277 g/mol. The summed E-state index contributed by atoms with van der Waals surface area (Å²) < 4.78 is 8.26. The van der Waals surface area contributed by atoms with Crippen LogP contribution in [0.2, 0.25) is 0 Å². The molecule has 1 aromatic heterocycles. The van der Waals surface area contributed by atoms with Crippen LogP contribution in [0.15, 0.2) is 0 Å². The Morgan fingerprint density at radius 3 is 2.95 bits per heavy atom. The van der Waals surface area contributed by atoms with Gasteiger partial charge >= 0.3 is 0 Å². The van der Waals surface area contributed by atoms with E-state index >= 15 is 0 Å². The molecule has 2 aliphatic rings. The number of fused-ring (bicyclic) bond motifs is 1. The molecular weight excluding hydrogens is 250 g/mol. The summed E-state index contributed by atoms with van der Waals surface area (Å²) in [6.07, 6.45) is 4.90. The van der Waals surface area contributed by atoms with Gasteiger partial charge in [0.1, 0.15) is 5.82 Å². The van der Waals surface area contributed by atoms with E-state index in [0.29, 0.717) is 0 Å². The Hall–Kier alpha value is -0.870. The topological polar surface area (TPSA) is 39.1 Å². The largest absolute Gasteiger partial charge is 0.380 e. The second-order valence-electron chi connectivity index (χ2n) is 6.51. The van der Waals surface area contributed by atoms with Crippen LogP contribution in [-0.4, -0.2) is 29.3 Å². The lowest BCUT2D eigenvalue weighted by atomic mass is 10.1. The normalized spacial score (nSPS) is 18.6. The highest BCUT2D eigenvalue weighted by molar-refractivity contribution is 5.24. The van der Waals surface area contributed by atoms with Crippen LogP contribution in [0.25, 0.3) is 0 Å². The molecule has 1 fully saturated rings. The Balaban J connectivity index is 1.61. The molecule has 0 aromatic carbocycles. The fraction of sp³-hybridized carbons (Fsp3) is 0.812. The maximum absolute atomic E-state index is 5.80. The third kappa shape index (κ3) is 3.23. The van der Waals surface area contributed by atoms with E-state index in [9.17, 15) is 0 Å². The van der Waals surface area contributed by atoms with Crippen LogP contribution in [-0.2, 0) is 24.2 Å². The predicted octanol–water partition coefficient (Wildman–Crippen LogP) is 2.47. The summed E-state index contributed by atoms with van der Waals surface area (Å²) in [5.41, 5.74) is 2.73. The minimum Gasteiger partial charge on any atom is -0.380 e. The highest BCUT2D eigenvalue weighted by Crippen LogP contribution is 2.40. The van der Waals surface area contributed by atoms with Crippen LogP contribution >= 0.6 is 0 Å².